The lowest BCUT2D eigenvalue weighted by molar-refractivity contribution is 0.338. The summed E-state index contributed by atoms with van der Waals surface area (Å²) in [4.78, 5) is 0. The molecular formula is C12H16O3S. The number of aryl methyl sites for hydroxylation is 1. The topological polar surface area (TPSA) is 43.4 Å². The monoisotopic (exact) mass is 240 g/mol. The molecule has 0 heterocycles. The molecule has 0 aliphatic heterocycles. The van der Waals surface area contributed by atoms with Crippen molar-refractivity contribution in [2.75, 3.05) is 12.9 Å². The lowest BCUT2D eigenvalue weighted by Gasteiger charge is -2.07. The molecule has 1 aromatic carbocycles. The van der Waals surface area contributed by atoms with E-state index in [0.717, 1.165) is 16.9 Å². The Labute approximate surface area is 96.7 Å². The van der Waals surface area contributed by atoms with Crippen LogP contribution in [0.3, 0.4) is 0 Å². The van der Waals surface area contributed by atoms with Crippen LogP contribution < -0.4 is 4.74 Å². The van der Waals surface area contributed by atoms with Crippen molar-refractivity contribution in [2.45, 2.75) is 13.8 Å². The summed E-state index contributed by atoms with van der Waals surface area (Å²) in [6.45, 7) is 4.47. The summed E-state index contributed by atoms with van der Waals surface area (Å²) < 4.78 is 27.4. The van der Waals surface area contributed by atoms with Gasteiger partial charge < -0.3 is 4.74 Å². The Morgan fingerprint density at radius 1 is 1.38 bits per heavy atom. The number of rotatable bonds is 4. The fraction of sp³-hybridized carbons (Fsp3) is 0.333. The van der Waals surface area contributed by atoms with E-state index in [-0.39, 0.29) is 0 Å². The summed E-state index contributed by atoms with van der Waals surface area (Å²) in [5.41, 5.74) is 1.86. The molecule has 1 rings (SSSR count). The van der Waals surface area contributed by atoms with Crippen molar-refractivity contribution in [1.82, 2.24) is 0 Å². The average molecular weight is 240 g/mol. The Morgan fingerprint density at radius 2 is 2.06 bits per heavy atom. The molecule has 0 fully saturated rings. The van der Waals surface area contributed by atoms with Gasteiger partial charge in [-0.25, -0.2) is 8.42 Å². The molecule has 0 saturated carbocycles. The first-order valence-corrected chi connectivity index (χ1v) is 6.99. The van der Waals surface area contributed by atoms with E-state index in [1.165, 1.54) is 11.7 Å². The maximum Gasteiger partial charge on any atom is 0.168 e. The highest BCUT2D eigenvalue weighted by molar-refractivity contribution is 7.93. The van der Waals surface area contributed by atoms with Gasteiger partial charge in [0, 0.05) is 11.7 Å². The van der Waals surface area contributed by atoms with Crippen molar-refractivity contribution >= 4 is 15.9 Å². The van der Waals surface area contributed by atoms with Gasteiger partial charge >= 0.3 is 0 Å². The Balaban J connectivity index is 2.99. The van der Waals surface area contributed by atoms with E-state index in [0.29, 0.717) is 6.61 Å². The van der Waals surface area contributed by atoms with Crippen LogP contribution in [0.2, 0.25) is 0 Å². The van der Waals surface area contributed by atoms with E-state index in [4.69, 9.17) is 4.74 Å². The van der Waals surface area contributed by atoms with Crippen molar-refractivity contribution in [3.8, 4) is 5.75 Å². The van der Waals surface area contributed by atoms with Gasteiger partial charge in [0.05, 0.1) is 6.61 Å². The molecule has 4 heteroatoms. The van der Waals surface area contributed by atoms with Gasteiger partial charge in [-0.15, -0.1) is 0 Å². The second kappa shape index (κ2) is 5.16. The first-order chi connectivity index (χ1) is 7.42. The van der Waals surface area contributed by atoms with Crippen molar-refractivity contribution in [1.29, 1.82) is 0 Å². The van der Waals surface area contributed by atoms with Crippen LogP contribution in [0, 0.1) is 6.92 Å². The van der Waals surface area contributed by atoms with Gasteiger partial charge in [0.2, 0.25) is 0 Å². The third-order valence-corrected chi connectivity index (χ3v) is 2.65. The minimum atomic E-state index is -3.08. The number of benzene rings is 1. The molecule has 0 spiro atoms. The molecule has 0 saturated heterocycles. The zero-order valence-electron chi connectivity index (χ0n) is 9.73. The summed E-state index contributed by atoms with van der Waals surface area (Å²) in [6.07, 6.45) is 2.73. The van der Waals surface area contributed by atoms with Crippen LogP contribution in [0.4, 0.5) is 0 Å². The second-order valence-electron chi connectivity index (χ2n) is 3.59. The minimum Gasteiger partial charge on any atom is -0.494 e. The largest absolute Gasteiger partial charge is 0.494 e. The van der Waals surface area contributed by atoms with Crippen LogP contribution in [0.1, 0.15) is 18.1 Å². The standard InChI is InChI=1S/C12H16O3S/c1-4-15-12-9-11(6-5-10(12)2)7-8-16(3,13)14/h5-9H,4H2,1-3H3. The molecule has 0 aliphatic rings. The maximum absolute atomic E-state index is 11.0. The van der Waals surface area contributed by atoms with E-state index < -0.39 is 9.84 Å². The molecule has 0 N–H and O–H groups in total. The Morgan fingerprint density at radius 3 is 2.62 bits per heavy atom. The first-order valence-electron chi connectivity index (χ1n) is 5.04. The fourth-order valence-corrected chi connectivity index (χ4v) is 1.64. The number of hydrogen-bond acceptors (Lipinski definition) is 3. The maximum atomic E-state index is 11.0. The van der Waals surface area contributed by atoms with Crippen molar-refractivity contribution in [2.24, 2.45) is 0 Å². The zero-order chi connectivity index (χ0) is 12.2. The summed E-state index contributed by atoms with van der Waals surface area (Å²) >= 11 is 0. The van der Waals surface area contributed by atoms with Gasteiger partial charge in [0.25, 0.3) is 0 Å². The van der Waals surface area contributed by atoms with Crippen molar-refractivity contribution in [3.05, 3.63) is 34.7 Å². The third kappa shape index (κ3) is 4.06. The summed E-state index contributed by atoms with van der Waals surface area (Å²) in [6, 6.07) is 5.60. The number of ether oxygens (including phenoxy) is 1. The molecule has 0 radical (unpaired) electrons. The first kappa shape index (κ1) is 12.8. The molecule has 0 aromatic heterocycles. The Hall–Kier alpha value is -1.29. The van der Waals surface area contributed by atoms with E-state index in [9.17, 15) is 8.42 Å². The second-order valence-corrected chi connectivity index (χ2v) is 5.52. The van der Waals surface area contributed by atoms with Gasteiger partial charge in [0.1, 0.15) is 5.75 Å². The van der Waals surface area contributed by atoms with Gasteiger partial charge in [-0.05, 0) is 37.1 Å². The van der Waals surface area contributed by atoms with E-state index in [2.05, 4.69) is 0 Å². The molecule has 1 aromatic rings. The summed E-state index contributed by atoms with van der Waals surface area (Å²) in [5, 5.41) is 1.19. The van der Waals surface area contributed by atoms with E-state index in [1.807, 2.05) is 32.0 Å². The van der Waals surface area contributed by atoms with Crippen molar-refractivity contribution in [3.63, 3.8) is 0 Å². The van der Waals surface area contributed by atoms with Crippen LogP contribution in [-0.4, -0.2) is 21.3 Å². The van der Waals surface area contributed by atoms with Gasteiger partial charge in [-0.3, -0.25) is 0 Å². The predicted molar refractivity (Wildman–Crippen MR) is 66.2 cm³/mol. The molecule has 16 heavy (non-hydrogen) atoms. The normalized spacial score (nSPS) is 11.9. The van der Waals surface area contributed by atoms with Gasteiger partial charge in [-0.1, -0.05) is 12.1 Å². The van der Waals surface area contributed by atoms with Crippen LogP contribution in [0.5, 0.6) is 5.75 Å². The van der Waals surface area contributed by atoms with Gasteiger partial charge in [-0.2, -0.15) is 0 Å². The third-order valence-electron chi connectivity index (χ3n) is 2.02. The molecule has 0 atom stereocenters. The Bertz CT molecular complexity index is 487. The lowest BCUT2D eigenvalue weighted by atomic mass is 10.1. The zero-order valence-corrected chi connectivity index (χ0v) is 10.5. The molecule has 0 bridgehead atoms. The number of sulfone groups is 1. The molecule has 3 nitrogen and oxygen atoms in total. The molecular weight excluding hydrogens is 224 g/mol. The lowest BCUT2D eigenvalue weighted by Crippen LogP contribution is -1.94. The molecule has 0 aliphatic carbocycles. The quantitative estimate of drug-likeness (QED) is 0.811. The molecule has 0 unspecified atom stereocenters. The highest BCUT2D eigenvalue weighted by Crippen LogP contribution is 2.20. The van der Waals surface area contributed by atoms with E-state index in [1.54, 1.807) is 6.08 Å². The fourth-order valence-electron chi connectivity index (χ4n) is 1.23. The Kier molecular flexibility index (Phi) is 4.12. The van der Waals surface area contributed by atoms with Crippen molar-refractivity contribution < 1.29 is 13.2 Å². The van der Waals surface area contributed by atoms with Crippen LogP contribution in [0.25, 0.3) is 6.08 Å². The predicted octanol–water partition coefficient (Wildman–Crippen LogP) is 2.41. The SMILES string of the molecule is CCOc1cc(C=CS(C)(=O)=O)ccc1C. The van der Waals surface area contributed by atoms with Crippen LogP contribution in [0.15, 0.2) is 23.6 Å². The van der Waals surface area contributed by atoms with Crippen LogP contribution >= 0.6 is 0 Å². The van der Waals surface area contributed by atoms with Crippen LogP contribution in [-0.2, 0) is 9.84 Å². The highest BCUT2D eigenvalue weighted by atomic mass is 32.2. The molecule has 0 amide bonds. The molecule has 88 valence electrons. The smallest absolute Gasteiger partial charge is 0.168 e. The van der Waals surface area contributed by atoms with E-state index >= 15 is 0 Å². The number of hydrogen-bond donors (Lipinski definition) is 0. The van der Waals surface area contributed by atoms with Gasteiger partial charge in [0.15, 0.2) is 9.84 Å². The highest BCUT2D eigenvalue weighted by Gasteiger charge is 2.00. The summed E-state index contributed by atoms with van der Waals surface area (Å²) in [5.74, 6) is 0.790. The average Bonchev–Trinajstić information content (AvgIpc) is 2.18. The minimum absolute atomic E-state index is 0.597. The summed E-state index contributed by atoms with van der Waals surface area (Å²) in [7, 11) is -3.08.